The van der Waals surface area contributed by atoms with Crippen molar-refractivity contribution < 1.29 is 0 Å². The van der Waals surface area contributed by atoms with Gasteiger partial charge in [0.1, 0.15) is 5.01 Å². The largest absolute Gasteiger partial charge is 0.312 e. The molecule has 0 spiro atoms. The normalized spacial score (nSPS) is 12.7. The van der Waals surface area contributed by atoms with Crippen molar-refractivity contribution in [1.82, 2.24) is 15.3 Å². The van der Waals surface area contributed by atoms with E-state index in [0.717, 1.165) is 10.6 Å². The summed E-state index contributed by atoms with van der Waals surface area (Å²) in [4.78, 5) is 9.85. The molecule has 0 fully saturated rings. The van der Waals surface area contributed by atoms with Crippen LogP contribution in [0.2, 0.25) is 0 Å². The van der Waals surface area contributed by atoms with Crippen LogP contribution in [-0.4, -0.2) is 17.0 Å². The third-order valence-corrected chi connectivity index (χ3v) is 3.87. The monoisotopic (exact) mass is 233 g/mol. The summed E-state index contributed by atoms with van der Waals surface area (Å²) >= 11 is 1.72. The van der Waals surface area contributed by atoms with E-state index in [4.69, 9.17) is 0 Å². The molecule has 0 aliphatic heterocycles. The first-order valence-electron chi connectivity index (χ1n) is 5.26. The SMILES string of the molecule is CNC(C)c1cnc(-c2cnccc2C)s1. The number of aromatic nitrogens is 2. The Morgan fingerprint density at radius 1 is 1.38 bits per heavy atom. The van der Waals surface area contributed by atoms with Gasteiger partial charge >= 0.3 is 0 Å². The van der Waals surface area contributed by atoms with Gasteiger partial charge in [-0.1, -0.05) is 0 Å². The molecule has 16 heavy (non-hydrogen) atoms. The average molecular weight is 233 g/mol. The van der Waals surface area contributed by atoms with Gasteiger partial charge in [-0.2, -0.15) is 0 Å². The van der Waals surface area contributed by atoms with Crippen molar-refractivity contribution in [2.24, 2.45) is 0 Å². The van der Waals surface area contributed by atoms with E-state index in [9.17, 15) is 0 Å². The van der Waals surface area contributed by atoms with Gasteiger partial charge in [0, 0.05) is 35.1 Å². The van der Waals surface area contributed by atoms with E-state index in [1.54, 1.807) is 11.3 Å². The van der Waals surface area contributed by atoms with Gasteiger partial charge in [-0.05, 0) is 32.5 Å². The first kappa shape index (κ1) is 11.2. The van der Waals surface area contributed by atoms with Gasteiger partial charge in [0.05, 0.1) is 0 Å². The molecule has 0 aliphatic rings. The molecular weight excluding hydrogens is 218 g/mol. The Morgan fingerprint density at radius 2 is 2.19 bits per heavy atom. The Kier molecular flexibility index (Phi) is 3.31. The fourth-order valence-electron chi connectivity index (χ4n) is 1.44. The zero-order valence-corrected chi connectivity index (χ0v) is 10.5. The van der Waals surface area contributed by atoms with Crippen LogP contribution in [0, 0.1) is 6.92 Å². The van der Waals surface area contributed by atoms with E-state index in [1.807, 2.05) is 31.7 Å². The standard InChI is InChI=1S/C12H15N3S/c1-8-4-5-14-6-10(8)12-15-7-11(16-12)9(2)13-3/h4-7,9,13H,1-3H3. The number of aryl methyl sites for hydroxylation is 1. The molecule has 1 unspecified atom stereocenters. The molecule has 4 heteroatoms. The minimum atomic E-state index is 0.350. The third kappa shape index (κ3) is 2.13. The Labute approximate surface area is 99.6 Å². The zero-order chi connectivity index (χ0) is 11.5. The van der Waals surface area contributed by atoms with E-state index < -0.39 is 0 Å². The summed E-state index contributed by atoms with van der Waals surface area (Å²) < 4.78 is 0. The van der Waals surface area contributed by atoms with Crippen molar-refractivity contribution >= 4 is 11.3 Å². The number of pyridine rings is 1. The summed E-state index contributed by atoms with van der Waals surface area (Å²) in [5.41, 5.74) is 2.34. The predicted octanol–water partition coefficient (Wildman–Crippen LogP) is 2.79. The second kappa shape index (κ2) is 4.72. The maximum atomic E-state index is 4.45. The summed E-state index contributed by atoms with van der Waals surface area (Å²) in [5, 5.41) is 4.26. The Balaban J connectivity index is 2.35. The maximum absolute atomic E-state index is 4.45. The summed E-state index contributed by atoms with van der Waals surface area (Å²) in [7, 11) is 1.96. The highest BCUT2D eigenvalue weighted by Gasteiger charge is 2.10. The van der Waals surface area contributed by atoms with Gasteiger partial charge in [0.15, 0.2) is 0 Å². The van der Waals surface area contributed by atoms with Crippen molar-refractivity contribution in [1.29, 1.82) is 0 Å². The number of thiazole rings is 1. The highest BCUT2D eigenvalue weighted by Crippen LogP contribution is 2.29. The number of nitrogens with zero attached hydrogens (tertiary/aromatic N) is 2. The molecule has 3 nitrogen and oxygen atoms in total. The van der Waals surface area contributed by atoms with Crippen molar-refractivity contribution in [3.05, 3.63) is 35.1 Å². The van der Waals surface area contributed by atoms with Gasteiger partial charge < -0.3 is 5.32 Å². The molecule has 0 aliphatic carbocycles. The van der Waals surface area contributed by atoms with E-state index in [1.165, 1.54) is 10.4 Å². The molecule has 2 aromatic rings. The molecule has 0 bridgehead atoms. The molecule has 2 aromatic heterocycles. The molecule has 0 aromatic carbocycles. The zero-order valence-electron chi connectivity index (χ0n) is 9.69. The summed E-state index contributed by atoms with van der Waals surface area (Å²) in [5.74, 6) is 0. The highest BCUT2D eigenvalue weighted by atomic mass is 32.1. The summed E-state index contributed by atoms with van der Waals surface area (Å²) in [6, 6.07) is 2.36. The van der Waals surface area contributed by atoms with E-state index in [2.05, 4.69) is 29.1 Å². The molecule has 1 atom stereocenters. The highest BCUT2D eigenvalue weighted by molar-refractivity contribution is 7.15. The van der Waals surface area contributed by atoms with Gasteiger partial charge in [-0.25, -0.2) is 4.98 Å². The first-order chi connectivity index (χ1) is 7.72. The summed E-state index contributed by atoms with van der Waals surface area (Å²) in [6.45, 7) is 4.22. The predicted molar refractivity (Wildman–Crippen MR) is 67.6 cm³/mol. The van der Waals surface area contributed by atoms with Crippen LogP contribution in [0.1, 0.15) is 23.4 Å². The van der Waals surface area contributed by atoms with Gasteiger partial charge in [-0.3, -0.25) is 4.98 Å². The van der Waals surface area contributed by atoms with E-state index in [0.29, 0.717) is 6.04 Å². The van der Waals surface area contributed by atoms with Crippen molar-refractivity contribution in [3.63, 3.8) is 0 Å². The molecule has 1 N–H and O–H groups in total. The third-order valence-electron chi connectivity index (χ3n) is 2.65. The van der Waals surface area contributed by atoms with Crippen molar-refractivity contribution in [2.75, 3.05) is 7.05 Å². The number of rotatable bonds is 3. The Morgan fingerprint density at radius 3 is 2.88 bits per heavy atom. The molecule has 2 heterocycles. The van der Waals surface area contributed by atoms with E-state index >= 15 is 0 Å². The average Bonchev–Trinajstić information content (AvgIpc) is 2.78. The molecule has 84 valence electrons. The minimum absolute atomic E-state index is 0.350. The molecule has 0 saturated carbocycles. The Bertz CT molecular complexity index is 479. The van der Waals surface area contributed by atoms with Gasteiger partial charge in [0.25, 0.3) is 0 Å². The number of hydrogen-bond acceptors (Lipinski definition) is 4. The van der Waals surface area contributed by atoms with Crippen LogP contribution in [-0.2, 0) is 0 Å². The lowest BCUT2D eigenvalue weighted by Gasteiger charge is -2.05. The van der Waals surface area contributed by atoms with Crippen LogP contribution >= 0.6 is 11.3 Å². The fourth-order valence-corrected chi connectivity index (χ4v) is 2.49. The molecule has 0 radical (unpaired) electrons. The lowest BCUT2D eigenvalue weighted by atomic mass is 10.2. The topological polar surface area (TPSA) is 37.8 Å². The van der Waals surface area contributed by atoms with Crippen molar-refractivity contribution in [2.45, 2.75) is 19.9 Å². The van der Waals surface area contributed by atoms with Gasteiger partial charge in [-0.15, -0.1) is 11.3 Å². The van der Waals surface area contributed by atoms with Crippen LogP contribution < -0.4 is 5.32 Å². The van der Waals surface area contributed by atoms with Crippen LogP contribution in [0.25, 0.3) is 10.6 Å². The Hall–Kier alpha value is -1.26. The molecule has 2 rings (SSSR count). The number of nitrogens with one attached hydrogen (secondary N) is 1. The van der Waals surface area contributed by atoms with Gasteiger partial charge in [0.2, 0.25) is 0 Å². The van der Waals surface area contributed by atoms with Crippen LogP contribution in [0.15, 0.2) is 24.7 Å². The second-order valence-electron chi connectivity index (χ2n) is 3.77. The quantitative estimate of drug-likeness (QED) is 0.885. The lowest BCUT2D eigenvalue weighted by Crippen LogP contribution is -2.10. The number of hydrogen-bond donors (Lipinski definition) is 1. The smallest absolute Gasteiger partial charge is 0.125 e. The van der Waals surface area contributed by atoms with Crippen LogP contribution in [0.4, 0.5) is 0 Å². The fraction of sp³-hybridized carbons (Fsp3) is 0.333. The van der Waals surface area contributed by atoms with E-state index in [-0.39, 0.29) is 0 Å². The first-order valence-corrected chi connectivity index (χ1v) is 6.08. The van der Waals surface area contributed by atoms with Crippen LogP contribution in [0.3, 0.4) is 0 Å². The maximum Gasteiger partial charge on any atom is 0.125 e. The molecule has 0 amide bonds. The van der Waals surface area contributed by atoms with Crippen molar-refractivity contribution in [3.8, 4) is 10.6 Å². The minimum Gasteiger partial charge on any atom is -0.312 e. The molecule has 0 saturated heterocycles. The summed E-state index contributed by atoms with van der Waals surface area (Å²) in [6.07, 6.45) is 5.62. The molecular formula is C12H15N3S. The second-order valence-corrected chi connectivity index (χ2v) is 4.83. The van der Waals surface area contributed by atoms with Crippen LogP contribution in [0.5, 0.6) is 0 Å². The lowest BCUT2D eigenvalue weighted by molar-refractivity contribution is 0.662.